The van der Waals surface area contributed by atoms with E-state index < -0.39 is 0 Å². The number of ether oxygens (including phenoxy) is 2. The van der Waals surface area contributed by atoms with Crippen molar-refractivity contribution in [1.82, 2.24) is 15.2 Å². The number of hydrogen-bond acceptors (Lipinski definition) is 8. The van der Waals surface area contributed by atoms with Crippen LogP contribution in [0.2, 0.25) is 0 Å². The molecule has 2 N–H and O–H groups in total. The fourth-order valence-corrected chi connectivity index (χ4v) is 3.11. The second-order valence-corrected chi connectivity index (χ2v) is 6.89. The Morgan fingerprint density at radius 2 is 1.76 bits per heavy atom. The lowest BCUT2D eigenvalue weighted by Crippen LogP contribution is -2.03. The summed E-state index contributed by atoms with van der Waals surface area (Å²) in [6.45, 7) is 1.88. The van der Waals surface area contributed by atoms with Crippen LogP contribution in [-0.2, 0) is 0 Å². The molecule has 1 aromatic heterocycles. The number of hydrazone groups is 1. The summed E-state index contributed by atoms with van der Waals surface area (Å²) in [6, 6.07) is 14.7. The van der Waals surface area contributed by atoms with Gasteiger partial charge in [0, 0.05) is 11.1 Å². The van der Waals surface area contributed by atoms with Crippen LogP contribution in [0.5, 0.6) is 11.5 Å². The van der Waals surface area contributed by atoms with E-state index in [1.54, 1.807) is 38.5 Å². The van der Waals surface area contributed by atoms with Gasteiger partial charge < -0.3 is 9.47 Å². The summed E-state index contributed by atoms with van der Waals surface area (Å²) in [5.74, 6) is 1.99. The van der Waals surface area contributed by atoms with Gasteiger partial charge in [-0.2, -0.15) is 10.1 Å². The number of thioether (sulfide) groups is 1. The van der Waals surface area contributed by atoms with Crippen LogP contribution in [0, 0.1) is 0 Å². The van der Waals surface area contributed by atoms with E-state index in [0.717, 1.165) is 17.0 Å². The number of benzene rings is 2. The van der Waals surface area contributed by atoms with Crippen molar-refractivity contribution in [1.29, 1.82) is 0 Å². The quantitative estimate of drug-likeness (QED) is 0.240. The Hall–Kier alpha value is -3.33. The van der Waals surface area contributed by atoms with E-state index in [2.05, 4.69) is 25.7 Å². The molecule has 0 aliphatic carbocycles. The minimum absolute atomic E-state index is 0.0277. The monoisotopic (exact) mass is 411 g/mol. The smallest absolute Gasteiger partial charge is 0.240 e. The Morgan fingerprint density at radius 3 is 2.45 bits per heavy atom. The van der Waals surface area contributed by atoms with Crippen LogP contribution in [0.25, 0.3) is 0 Å². The summed E-state index contributed by atoms with van der Waals surface area (Å²) >= 11 is 1.24. The fourth-order valence-electron chi connectivity index (χ4n) is 2.42. The molecule has 29 heavy (non-hydrogen) atoms. The minimum atomic E-state index is -0.0277. The van der Waals surface area contributed by atoms with E-state index in [1.165, 1.54) is 11.8 Å². The van der Waals surface area contributed by atoms with Gasteiger partial charge in [-0.1, -0.05) is 36.0 Å². The summed E-state index contributed by atoms with van der Waals surface area (Å²) in [7, 11) is 3.19. The molecule has 0 atom stereocenters. The van der Waals surface area contributed by atoms with Crippen LogP contribution >= 0.6 is 11.8 Å². The number of aromatic amines is 1. The Morgan fingerprint density at radius 1 is 1.10 bits per heavy atom. The Kier molecular flexibility index (Phi) is 6.85. The molecule has 0 spiro atoms. The van der Waals surface area contributed by atoms with Crippen LogP contribution in [-0.4, -0.2) is 46.6 Å². The normalized spacial score (nSPS) is 11.2. The highest BCUT2D eigenvalue weighted by Gasteiger charge is 2.10. The summed E-state index contributed by atoms with van der Waals surface area (Å²) < 4.78 is 10.4. The first-order valence-electron chi connectivity index (χ1n) is 8.76. The van der Waals surface area contributed by atoms with Crippen molar-refractivity contribution in [3.05, 3.63) is 59.7 Å². The van der Waals surface area contributed by atoms with Crippen LogP contribution in [0.1, 0.15) is 22.8 Å². The van der Waals surface area contributed by atoms with E-state index in [-0.39, 0.29) is 11.5 Å². The highest BCUT2D eigenvalue weighted by molar-refractivity contribution is 7.99. The lowest BCUT2D eigenvalue weighted by atomic mass is 10.1. The van der Waals surface area contributed by atoms with E-state index in [4.69, 9.17) is 9.47 Å². The zero-order valence-electron chi connectivity index (χ0n) is 16.3. The van der Waals surface area contributed by atoms with Crippen LogP contribution in [0.3, 0.4) is 0 Å². The second-order valence-electron chi connectivity index (χ2n) is 5.95. The van der Waals surface area contributed by atoms with Crippen LogP contribution < -0.4 is 14.9 Å². The number of methoxy groups -OCH3 is 2. The minimum Gasteiger partial charge on any atom is -0.497 e. The van der Waals surface area contributed by atoms with Gasteiger partial charge in [0.1, 0.15) is 11.5 Å². The van der Waals surface area contributed by atoms with Gasteiger partial charge in [0.05, 0.1) is 25.7 Å². The maximum atomic E-state index is 12.3. The molecule has 150 valence electrons. The molecule has 3 aromatic rings. The number of H-pyrrole nitrogens is 1. The van der Waals surface area contributed by atoms with E-state index in [1.807, 2.05) is 31.2 Å². The summed E-state index contributed by atoms with van der Waals surface area (Å²) in [6.07, 6.45) is 0. The standard InChI is InChI=1S/C20H21N5O3S/c1-13(14-6-4-8-16(10-14)27-2)22-23-19-21-20(25-24-19)29-12-18(26)15-7-5-9-17(11-15)28-3/h4-11H,12H2,1-3H3,(H2,21,23,24,25)/b22-13+. The van der Waals surface area contributed by atoms with Gasteiger partial charge in [-0.05, 0) is 31.2 Å². The van der Waals surface area contributed by atoms with Crippen molar-refractivity contribution in [2.24, 2.45) is 5.10 Å². The molecule has 0 bridgehead atoms. The molecule has 0 aliphatic rings. The SMILES string of the molecule is COc1cccc(C(=O)CSc2n[nH]c(N/N=C(\C)c3cccc(OC)c3)n2)c1. The average molecular weight is 411 g/mol. The molecule has 0 amide bonds. The van der Waals surface area contributed by atoms with Gasteiger partial charge in [0.25, 0.3) is 0 Å². The molecule has 9 heteroatoms. The Bertz CT molecular complexity index is 1020. The predicted octanol–water partition coefficient (Wildman–Crippen LogP) is 3.63. The zero-order chi connectivity index (χ0) is 20.6. The maximum absolute atomic E-state index is 12.3. The third-order valence-corrected chi connectivity index (χ3v) is 4.85. The lowest BCUT2D eigenvalue weighted by molar-refractivity contribution is 0.102. The number of aromatic nitrogens is 3. The third-order valence-electron chi connectivity index (χ3n) is 4.01. The van der Waals surface area contributed by atoms with E-state index in [0.29, 0.717) is 22.4 Å². The molecule has 0 saturated heterocycles. The molecule has 3 rings (SSSR count). The summed E-state index contributed by atoms with van der Waals surface area (Å²) in [5.41, 5.74) is 5.12. The number of nitrogens with zero attached hydrogens (tertiary/aromatic N) is 3. The van der Waals surface area contributed by atoms with Gasteiger partial charge in [0.15, 0.2) is 5.78 Å². The van der Waals surface area contributed by atoms with E-state index in [9.17, 15) is 4.79 Å². The van der Waals surface area contributed by atoms with Crippen molar-refractivity contribution in [2.75, 3.05) is 25.4 Å². The number of ketones is 1. The molecule has 1 heterocycles. The molecule has 0 fully saturated rings. The number of rotatable bonds is 9. The Labute approximate surface area is 172 Å². The molecule has 2 aromatic carbocycles. The number of Topliss-reactive ketones (excluding diaryl/α,β-unsaturated/α-hetero) is 1. The second kappa shape index (κ2) is 9.74. The number of carbonyl (C=O) groups excluding carboxylic acids is 1. The average Bonchev–Trinajstić information content (AvgIpc) is 3.23. The Balaban J connectivity index is 1.57. The first kappa shape index (κ1) is 20.4. The number of hydrogen-bond donors (Lipinski definition) is 2. The highest BCUT2D eigenvalue weighted by Crippen LogP contribution is 2.19. The van der Waals surface area contributed by atoms with Gasteiger partial charge in [-0.15, -0.1) is 5.10 Å². The zero-order valence-corrected chi connectivity index (χ0v) is 17.1. The molecule has 0 saturated carbocycles. The first-order chi connectivity index (χ1) is 14.1. The first-order valence-corrected chi connectivity index (χ1v) is 9.75. The number of anilines is 1. The van der Waals surface area contributed by atoms with Crippen molar-refractivity contribution >= 4 is 29.2 Å². The van der Waals surface area contributed by atoms with Gasteiger partial charge >= 0.3 is 0 Å². The largest absolute Gasteiger partial charge is 0.497 e. The summed E-state index contributed by atoms with van der Waals surface area (Å²) in [5, 5.41) is 11.6. The third kappa shape index (κ3) is 5.58. The molecule has 0 radical (unpaired) electrons. The van der Waals surface area contributed by atoms with Crippen molar-refractivity contribution < 1.29 is 14.3 Å². The lowest BCUT2D eigenvalue weighted by Gasteiger charge is -2.04. The number of carbonyl (C=O) groups is 1. The molecular weight excluding hydrogens is 390 g/mol. The fraction of sp³-hybridized carbons (Fsp3) is 0.200. The van der Waals surface area contributed by atoms with Gasteiger partial charge in [-0.25, -0.2) is 10.5 Å². The van der Waals surface area contributed by atoms with Crippen molar-refractivity contribution in [2.45, 2.75) is 12.1 Å². The molecule has 0 unspecified atom stereocenters. The number of nitrogens with one attached hydrogen (secondary N) is 2. The van der Waals surface area contributed by atoms with Crippen molar-refractivity contribution in [3.8, 4) is 11.5 Å². The van der Waals surface area contributed by atoms with Crippen molar-refractivity contribution in [3.63, 3.8) is 0 Å². The molecule has 0 aliphatic heterocycles. The van der Waals surface area contributed by atoms with Crippen LogP contribution in [0.4, 0.5) is 5.95 Å². The maximum Gasteiger partial charge on any atom is 0.240 e. The van der Waals surface area contributed by atoms with Gasteiger partial charge in [0.2, 0.25) is 11.1 Å². The van der Waals surface area contributed by atoms with E-state index >= 15 is 0 Å². The molecular formula is C20H21N5O3S. The summed E-state index contributed by atoms with van der Waals surface area (Å²) in [4.78, 5) is 16.6. The highest BCUT2D eigenvalue weighted by atomic mass is 32.2. The van der Waals surface area contributed by atoms with Crippen LogP contribution in [0.15, 0.2) is 58.8 Å². The predicted molar refractivity (Wildman–Crippen MR) is 113 cm³/mol. The van der Waals surface area contributed by atoms with Gasteiger partial charge in [-0.3, -0.25) is 4.79 Å². The molecule has 8 nitrogen and oxygen atoms in total. The topological polar surface area (TPSA) is 101 Å².